The van der Waals surface area contributed by atoms with Crippen LogP contribution in [0.3, 0.4) is 0 Å². The van der Waals surface area contributed by atoms with Crippen molar-refractivity contribution in [1.29, 1.82) is 0 Å². The summed E-state index contributed by atoms with van der Waals surface area (Å²) < 4.78 is 11.4. The van der Waals surface area contributed by atoms with Gasteiger partial charge in [0.05, 0.1) is 19.3 Å². The zero-order valence-electron chi connectivity index (χ0n) is 10.1. The smallest absolute Gasteiger partial charge is 0.168 e. The van der Waals surface area contributed by atoms with Crippen molar-refractivity contribution in [3.63, 3.8) is 0 Å². The average molecular weight is 251 g/mol. The van der Waals surface area contributed by atoms with E-state index in [4.69, 9.17) is 21.1 Å². The van der Waals surface area contributed by atoms with E-state index < -0.39 is 0 Å². The lowest BCUT2D eigenvalue weighted by Gasteiger charge is -2.27. The van der Waals surface area contributed by atoms with Crippen molar-refractivity contribution in [2.24, 2.45) is 0 Å². The molecule has 0 amide bonds. The SMILES string of the molecule is CC(O)CCCC1(CCCCCl)OCCO1. The molecule has 0 radical (unpaired) electrons. The normalized spacial score (nSPS) is 21.2. The van der Waals surface area contributed by atoms with Crippen LogP contribution in [0.1, 0.15) is 45.4 Å². The molecule has 1 heterocycles. The van der Waals surface area contributed by atoms with Gasteiger partial charge in [-0.2, -0.15) is 0 Å². The van der Waals surface area contributed by atoms with Gasteiger partial charge in [-0.3, -0.25) is 0 Å². The van der Waals surface area contributed by atoms with Crippen molar-refractivity contribution in [2.45, 2.75) is 57.3 Å². The largest absolute Gasteiger partial charge is 0.393 e. The predicted molar refractivity (Wildman–Crippen MR) is 64.7 cm³/mol. The lowest BCUT2D eigenvalue weighted by Crippen LogP contribution is -2.30. The Morgan fingerprint density at radius 2 is 1.81 bits per heavy atom. The number of halogens is 1. The van der Waals surface area contributed by atoms with Crippen LogP contribution in [0.5, 0.6) is 0 Å². The lowest BCUT2D eigenvalue weighted by atomic mass is 10.0. The molecule has 0 spiro atoms. The molecule has 1 saturated heterocycles. The van der Waals surface area contributed by atoms with Crippen LogP contribution >= 0.6 is 11.6 Å². The molecule has 1 aliphatic rings. The van der Waals surface area contributed by atoms with Crippen LogP contribution in [-0.2, 0) is 9.47 Å². The highest BCUT2D eigenvalue weighted by atomic mass is 35.5. The molecule has 4 heteroatoms. The van der Waals surface area contributed by atoms with Crippen LogP contribution in [0.4, 0.5) is 0 Å². The third-order valence-electron chi connectivity index (χ3n) is 2.93. The fraction of sp³-hybridized carbons (Fsp3) is 1.00. The number of aliphatic hydroxyl groups is 1. The Hall–Kier alpha value is 0.170. The second-order valence-corrected chi connectivity index (χ2v) is 4.87. The Labute approximate surface area is 103 Å². The molecule has 1 rings (SSSR count). The van der Waals surface area contributed by atoms with Gasteiger partial charge in [0.25, 0.3) is 0 Å². The molecule has 1 aliphatic heterocycles. The minimum atomic E-state index is -0.388. The van der Waals surface area contributed by atoms with E-state index in [0.717, 1.165) is 38.5 Å². The van der Waals surface area contributed by atoms with E-state index in [2.05, 4.69) is 0 Å². The Kier molecular flexibility index (Phi) is 6.66. The third kappa shape index (κ3) is 5.00. The van der Waals surface area contributed by atoms with Crippen molar-refractivity contribution >= 4 is 11.6 Å². The fourth-order valence-electron chi connectivity index (χ4n) is 2.07. The number of rotatable bonds is 8. The number of aliphatic hydroxyl groups excluding tert-OH is 1. The van der Waals surface area contributed by atoms with Gasteiger partial charge in [-0.1, -0.05) is 0 Å². The van der Waals surface area contributed by atoms with E-state index in [0.29, 0.717) is 19.1 Å². The van der Waals surface area contributed by atoms with Gasteiger partial charge in [-0.15, -0.1) is 11.6 Å². The maximum atomic E-state index is 9.23. The van der Waals surface area contributed by atoms with Crippen LogP contribution < -0.4 is 0 Å². The van der Waals surface area contributed by atoms with E-state index >= 15 is 0 Å². The summed E-state index contributed by atoms with van der Waals surface area (Å²) in [6.45, 7) is 3.20. The fourth-order valence-corrected chi connectivity index (χ4v) is 2.26. The molecule has 96 valence electrons. The zero-order valence-corrected chi connectivity index (χ0v) is 10.8. The summed E-state index contributed by atoms with van der Waals surface area (Å²) in [6.07, 6.45) is 5.36. The molecule has 3 nitrogen and oxygen atoms in total. The highest BCUT2D eigenvalue weighted by Gasteiger charge is 2.35. The number of ether oxygens (including phenoxy) is 2. The van der Waals surface area contributed by atoms with Crippen LogP contribution in [0, 0.1) is 0 Å². The monoisotopic (exact) mass is 250 g/mol. The second kappa shape index (κ2) is 7.49. The van der Waals surface area contributed by atoms with E-state index in [1.165, 1.54) is 0 Å². The van der Waals surface area contributed by atoms with Crippen molar-refractivity contribution < 1.29 is 14.6 Å². The molecule has 0 aliphatic carbocycles. The maximum absolute atomic E-state index is 9.23. The number of unbranched alkanes of at least 4 members (excludes halogenated alkanes) is 1. The number of hydrogen-bond donors (Lipinski definition) is 1. The van der Waals surface area contributed by atoms with Gasteiger partial charge in [0.1, 0.15) is 0 Å². The molecule has 1 atom stereocenters. The van der Waals surface area contributed by atoms with Gasteiger partial charge < -0.3 is 14.6 Å². The Bertz CT molecular complexity index is 179. The maximum Gasteiger partial charge on any atom is 0.168 e. The quantitative estimate of drug-likeness (QED) is 0.532. The minimum Gasteiger partial charge on any atom is -0.393 e. The first kappa shape index (κ1) is 14.2. The van der Waals surface area contributed by atoms with E-state index in [-0.39, 0.29) is 11.9 Å². The first-order valence-corrected chi connectivity index (χ1v) is 6.74. The summed E-state index contributed by atoms with van der Waals surface area (Å²) >= 11 is 5.66. The molecule has 0 aromatic rings. The predicted octanol–water partition coefficient (Wildman–Crippen LogP) is 2.69. The molecular formula is C12H23ClO3. The van der Waals surface area contributed by atoms with Crippen LogP contribution in [0.25, 0.3) is 0 Å². The summed E-state index contributed by atoms with van der Waals surface area (Å²) in [4.78, 5) is 0. The first-order valence-electron chi connectivity index (χ1n) is 6.20. The highest BCUT2D eigenvalue weighted by Crippen LogP contribution is 2.31. The van der Waals surface area contributed by atoms with Gasteiger partial charge in [0.2, 0.25) is 0 Å². The molecule has 16 heavy (non-hydrogen) atoms. The molecule has 0 aromatic heterocycles. The van der Waals surface area contributed by atoms with Crippen molar-refractivity contribution in [2.75, 3.05) is 19.1 Å². The number of hydrogen-bond acceptors (Lipinski definition) is 3. The van der Waals surface area contributed by atoms with E-state index in [1.807, 2.05) is 6.92 Å². The molecule has 0 bridgehead atoms. The molecule has 1 fully saturated rings. The Morgan fingerprint density at radius 1 is 1.19 bits per heavy atom. The molecule has 1 N–H and O–H groups in total. The Balaban J connectivity index is 2.27. The molecule has 1 unspecified atom stereocenters. The van der Waals surface area contributed by atoms with Crippen molar-refractivity contribution in [3.8, 4) is 0 Å². The summed E-state index contributed by atoms with van der Waals surface area (Å²) in [5, 5.41) is 9.23. The van der Waals surface area contributed by atoms with Crippen LogP contribution in [-0.4, -0.2) is 36.1 Å². The van der Waals surface area contributed by atoms with Crippen molar-refractivity contribution in [3.05, 3.63) is 0 Å². The lowest BCUT2D eigenvalue weighted by molar-refractivity contribution is -0.169. The van der Waals surface area contributed by atoms with Gasteiger partial charge in [0, 0.05) is 18.7 Å². The Morgan fingerprint density at radius 3 is 2.38 bits per heavy atom. The van der Waals surface area contributed by atoms with E-state index in [9.17, 15) is 5.11 Å². The minimum absolute atomic E-state index is 0.235. The number of alkyl halides is 1. The summed E-state index contributed by atoms with van der Waals surface area (Å²) in [6, 6.07) is 0. The summed E-state index contributed by atoms with van der Waals surface area (Å²) in [7, 11) is 0. The topological polar surface area (TPSA) is 38.7 Å². The van der Waals surface area contributed by atoms with Gasteiger partial charge >= 0.3 is 0 Å². The molecule has 0 aromatic carbocycles. The third-order valence-corrected chi connectivity index (χ3v) is 3.20. The van der Waals surface area contributed by atoms with Crippen LogP contribution in [0.15, 0.2) is 0 Å². The van der Waals surface area contributed by atoms with E-state index in [1.54, 1.807) is 0 Å². The summed E-state index contributed by atoms with van der Waals surface area (Å²) in [5.74, 6) is 0.310. The van der Waals surface area contributed by atoms with Gasteiger partial charge in [-0.25, -0.2) is 0 Å². The van der Waals surface area contributed by atoms with Crippen LogP contribution in [0.2, 0.25) is 0 Å². The standard InChI is InChI=1S/C12H23ClO3/c1-11(14)5-4-7-12(6-2-3-8-13)15-9-10-16-12/h11,14H,2-10H2,1H3. The zero-order chi connectivity index (χ0) is 11.9. The van der Waals surface area contributed by atoms with Crippen molar-refractivity contribution in [1.82, 2.24) is 0 Å². The first-order chi connectivity index (χ1) is 7.68. The average Bonchev–Trinajstić information content (AvgIpc) is 2.67. The second-order valence-electron chi connectivity index (χ2n) is 4.49. The molecule has 0 saturated carbocycles. The van der Waals surface area contributed by atoms with Gasteiger partial charge in [0.15, 0.2) is 5.79 Å². The highest BCUT2D eigenvalue weighted by molar-refractivity contribution is 6.17. The molecular weight excluding hydrogens is 228 g/mol. The summed E-state index contributed by atoms with van der Waals surface area (Å²) in [5.41, 5.74) is 0. The van der Waals surface area contributed by atoms with Gasteiger partial charge in [-0.05, 0) is 32.6 Å².